The molecule has 1 nitrogen and oxygen atoms in total. The monoisotopic (exact) mass is 309 g/mol. The summed E-state index contributed by atoms with van der Waals surface area (Å²) in [5.41, 5.74) is 5.64. The van der Waals surface area contributed by atoms with Gasteiger partial charge in [0.25, 0.3) is 0 Å². The summed E-state index contributed by atoms with van der Waals surface area (Å²) in [5, 5.41) is 0. The maximum absolute atomic E-state index is 2.38. The number of benzene rings is 2. The van der Waals surface area contributed by atoms with Gasteiger partial charge >= 0.3 is 0 Å². The second-order valence-electron chi connectivity index (χ2n) is 6.69. The van der Waals surface area contributed by atoms with E-state index < -0.39 is 0 Å². The molecule has 1 heteroatoms. The van der Waals surface area contributed by atoms with Gasteiger partial charge in [-0.2, -0.15) is 0 Å². The SMILES string of the molecule is CCCc1ccc(C(C)CN(C)c2cccc(CCC)c2)cc1. The molecule has 1 atom stereocenters. The van der Waals surface area contributed by atoms with E-state index in [1.165, 1.54) is 41.6 Å². The van der Waals surface area contributed by atoms with Crippen LogP contribution in [0, 0.1) is 0 Å². The van der Waals surface area contributed by atoms with E-state index in [1.807, 2.05) is 0 Å². The molecule has 0 radical (unpaired) electrons. The zero-order valence-corrected chi connectivity index (χ0v) is 15.2. The van der Waals surface area contributed by atoms with E-state index in [0.29, 0.717) is 5.92 Å². The highest BCUT2D eigenvalue weighted by atomic mass is 15.1. The molecule has 0 saturated heterocycles. The van der Waals surface area contributed by atoms with Crippen LogP contribution < -0.4 is 4.90 Å². The van der Waals surface area contributed by atoms with Crippen LogP contribution in [-0.2, 0) is 12.8 Å². The molecule has 2 rings (SSSR count). The van der Waals surface area contributed by atoms with Crippen molar-refractivity contribution in [3.05, 3.63) is 65.2 Å². The first-order valence-corrected chi connectivity index (χ1v) is 9.03. The lowest BCUT2D eigenvalue weighted by Gasteiger charge is -2.24. The van der Waals surface area contributed by atoms with Crippen LogP contribution in [0.15, 0.2) is 48.5 Å². The molecule has 0 aromatic heterocycles. The molecule has 1 unspecified atom stereocenters. The minimum atomic E-state index is 0.533. The van der Waals surface area contributed by atoms with Crippen molar-refractivity contribution in [1.82, 2.24) is 0 Å². The molecule has 2 aromatic rings. The van der Waals surface area contributed by atoms with E-state index in [4.69, 9.17) is 0 Å². The van der Waals surface area contributed by atoms with Crippen LogP contribution in [0.5, 0.6) is 0 Å². The third-order valence-electron chi connectivity index (χ3n) is 4.53. The van der Waals surface area contributed by atoms with Gasteiger partial charge in [0, 0.05) is 19.3 Å². The maximum Gasteiger partial charge on any atom is 0.0366 e. The van der Waals surface area contributed by atoms with Crippen molar-refractivity contribution in [1.29, 1.82) is 0 Å². The van der Waals surface area contributed by atoms with E-state index in [1.54, 1.807) is 0 Å². The Morgan fingerprint density at radius 2 is 1.52 bits per heavy atom. The van der Waals surface area contributed by atoms with Crippen molar-refractivity contribution in [3.8, 4) is 0 Å². The minimum Gasteiger partial charge on any atom is -0.374 e. The average Bonchev–Trinajstić information content (AvgIpc) is 2.56. The minimum absolute atomic E-state index is 0.533. The Hall–Kier alpha value is -1.76. The Labute approximate surface area is 142 Å². The summed E-state index contributed by atoms with van der Waals surface area (Å²) in [5.74, 6) is 0.533. The molecular weight excluding hydrogens is 278 g/mol. The van der Waals surface area contributed by atoms with Gasteiger partial charge in [-0.25, -0.2) is 0 Å². The summed E-state index contributed by atoms with van der Waals surface area (Å²) in [7, 11) is 2.20. The largest absolute Gasteiger partial charge is 0.374 e. The highest BCUT2D eigenvalue weighted by Gasteiger charge is 2.10. The second kappa shape index (κ2) is 8.76. The molecule has 0 heterocycles. The van der Waals surface area contributed by atoms with Gasteiger partial charge in [-0.1, -0.05) is 70.0 Å². The van der Waals surface area contributed by atoms with E-state index in [2.05, 4.69) is 81.2 Å². The number of anilines is 1. The van der Waals surface area contributed by atoms with Gasteiger partial charge < -0.3 is 4.90 Å². The van der Waals surface area contributed by atoms with E-state index in [0.717, 1.165) is 13.0 Å². The lowest BCUT2D eigenvalue weighted by atomic mass is 9.98. The normalized spacial score (nSPS) is 12.2. The fourth-order valence-electron chi connectivity index (χ4n) is 3.16. The first-order chi connectivity index (χ1) is 11.1. The first-order valence-electron chi connectivity index (χ1n) is 9.03. The number of rotatable bonds is 8. The van der Waals surface area contributed by atoms with Crippen LogP contribution in [0.1, 0.15) is 56.2 Å². The van der Waals surface area contributed by atoms with Crippen LogP contribution in [0.4, 0.5) is 5.69 Å². The summed E-state index contributed by atoms with van der Waals surface area (Å²) in [4.78, 5) is 2.38. The smallest absolute Gasteiger partial charge is 0.0366 e. The van der Waals surface area contributed by atoms with Crippen LogP contribution in [-0.4, -0.2) is 13.6 Å². The molecule has 0 bridgehead atoms. The molecule has 0 amide bonds. The third-order valence-corrected chi connectivity index (χ3v) is 4.53. The highest BCUT2D eigenvalue weighted by Crippen LogP contribution is 2.22. The van der Waals surface area contributed by atoms with Crippen molar-refractivity contribution in [2.75, 3.05) is 18.5 Å². The molecule has 2 aromatic carbocycles. The molecule has 0 aliphatic rings. The van der Waals surface area contributed by atoms with Crippen molar-refractivity contribution < 1.29 is 0 Å². The van der Waals surface area contributed by atoms with Gasteiger partial charge in [-0.15, -0.1) is 0 Å². The summed E-state index contributed by atoms with van der Waals surface area (Å²) in [6, 6.07) is 18.1. The number of hydrogen-bond donors (Lipinski definition) is 0. The third kappa shape index (κ3) is 5.13. The molecule has 0 fully saturated rings. The lowest BCUT2D eigenvalue weighted by molar-refractivity contribution is 0.732. The molecule has 0 aliphatic carbocycles. The van der Waals surface area contributed by atoms with Crippen LogP contribution >= 0.6 is 0 Å². The predicted molar refractivity (Wildman–Crippen MR) is 103 cm³/mol. The van der Waals surface area contributed by atoms with Gasteiger partial charge in [0.05, 0.1) is 0 Å². The Balaban J connectivity index is 2.01. The van der Waals surface area contributed by atoms with Crippen molar-refractivity contribution in [3.63, 3.8) is 0 Å². The first kappa shape index (κ1) is 17.6. The lowest BCUT2D eigenvalue weighted by Crippen LogP contribution is -2.23. The molecule has 23 heavy (non-hydrogen) atoms. The second-order valence-corrected chi connectivity index (χ2v) is 6.69. The average molecular weight is 309 g/mol. The molecule has 0 spiro atoms. The summed E-state index contributed by atoms with van der Waals surface area (Å²) >= 11 is 0. The van der Waals surface area contributed by atoms with Gasteiger partial charge in [-0.05, 0) is 47.6 Å². The predicted octanol–water partition coefficient (Wildman–Crippen LogP) is 5.83. The Morgan fingerprint density at radius 1 is 0.870 bits per heavy atom. The maximum atomic E-state index is 2.38. The fraction of sp³-hybridized carbons (Fsp3) is 0.455. The van der Waals surface area contributed by atoms with E-state index >= 15 is 0 Å². The zero-order valence-electron chi connectivity index (χ0n) is 15.2. The Bertz CT molecular complexity index is 585. The van der Waals surface area contributed by atoms with Crippen molar-refractivity contribution in [2.24, 2.45) is 0 Å². The van der Waals surface area contributed by atoms with Gasteiger partial charge in [0.15, 0.2) is 0 Å². The molecule has 124 valence electrons. The summed E-state index contributed by atoms with van der Waals surface area (Å²) in [6.45, 7) is 7.84. The summed E-state index contributed by atoms with van der Waals surface area (Å²) < 4.78 is 0. The molecular formula is C22H31N. The number of aryl methyl sites for hydroxylation is 2. The topological polar surface area (TPSA) is 3.24 Å². The number of hydrogen-bond acceptors (Lipinski definition) is 1. The van der Waals surface area contributed by atoms with Crippen LogP contribution in [0.25, 0.3) is 0 Å². The van der Waals surface area contributed by atoms with Crippen LogP contribution in [0.3, 0.4) is 0 Å². The quantitative estimate of drug-likeness (QED) is 0.593. The van der Waals surface area contributed by atoms with Crippen LogP contribution in [0.2, 0.25) is 0 Å². The Kier molecular flexibility index (Phi) is 6.70. The van der Waals surface area contributed by atoms with Crippen molar-refractivity contribution in [2.45, 2.75) is 52.4 Å². The fourth-order valence-corrected chi connectivity index (χ4v) is 3.16. The number of likely N-dealkylation sites (N-methyl/N-ethyl adjacent to an activating group) is 1. The van der Waals surface area contributed by atoms with Crippen molar-refractivity contribution >= 4 is 5.69 Å². The van der Waals surface area contributed by atoms with Gasteiger partial charge in [0.2, 0.25) is 0 Å². The van der Waals surface area contributed by atoms with E-state index in [-0.39, 0.29) is 0 Å². The Morgan fingerprint density at radius 3 is 2.17 bits per heavy atom. The summed E-state index contributed by atoms with van der Waals surface area (Å²) in [6.07, 6.45) is 4.76. The van der Waals surface area contributed by atoms with Gasteiger partial charge in [0.1, 0.15) is 0 Å². The van der Waals surface area contributed by atoms with E-state index in [9.17, 15) is 0 Å². The molecule has 0 N–H and O–H groups in total. The standard InChI is InChI=1S/C22H31N/c1-5-8-19-12-14-21(15-13-19)18(3)17-23(4)22-11-7-10-20(16-22)9-6-2/h7,10-16,18H,5-6,8-9,17H2,1-4H3. The molecule has 0 aliphatic heterocycles. The number of nitrogens with zero attached hydrogens (tertiary/aromatic N) is 1. The van der Waals surface area contributed by atoms with Gasteiger partial charge in [-0.3, -0.25) is 0 Å². The highest BCUT2D eigenvalue weighted by molar-refractivity contribution is 5.48. The molecule has 0 saturated carbocycles. The zero-order chi connectivity index (χ0) is 16.7.